The van der Waals surface area contributed by atoms with Crippen LogP contribution in [-0.2, 0) is 0 Å². The summed E-state index contributed by atoms with van der Waals surface area (Å²) in [5.74, 6) is 0. The molecule has 0 bridgehead atoms. The zero-order chi connectivity index (χ0) is 10.7. The molecule has 0 aliphatic heterocycles. The van der Waals surface area contributed by atoms with Gasteiger partial charge in [0.05, 0.1) is 10.0 Å². The van der Waals surface area contributed by atoms with E-state index >= 15 is 0 Å². The Morgan fingerprint density at radius 2 is 1.71 bits per heavy atom. The van der Waals surface area contributed by atoms with Crippen LogP contribution in [0.25, 0.3) is 0 Å². The lowest BCUT2D eigenvalue weighted by molar-refractivity contribution is 0.229. The van der Waals surface area contributed by atoms with Crippen LogP contribution in [0.4, 0.5) is 14.5 Å². The fraction of sp³-hybridized carbons (Fsp3) is 0.125. The highest BCUT2D eigenvalue weighted by atomic mass is 35.5. The SMILES string of the molecule is FC(F)C(Cl)=Nc1c(Cl)cccc1Cl. The fourth-order valence-corrected chi connectivity index (χ4v) is 1.32. The molecule has 0 aromatic heterocycles. The monoisotopic (exact) mass is 257 g/mol. The summed E-state index contributed by atoms with van der Waals surface area (Å²) in [4.78, 5) is 3.43. The van der Waals surface area contributed by atoms with Crippen molar-refractivity contribution >= 4 is 45.7 Å². The van der Waals surface area contributed by atoms with E-state index < -0.39 is 11.6 Å². The first kappa shape index (κ1) is 11.7. The van der Waals surface area contributed by atoms with Crippen molar-refractivity contribution in [1.82, 2.24) is 0 Å². The number of hydrogen-bond donors (Lipinski definition) is 0. The molecule has 0 unspecified atom stereocenters. The zero-order valence-corrected chi connectivity index (χ0v) is 8.91. The van der Waals surface area contributed by atoms with E-state index in [4.69, 9.17) is 34.8 Å². The van der Waals surface area contributed by atoms with E-state index in [1.54, 1.807) is 6.07 Å². The molecule has 76 valence electrons. The van der Waals surface area contributed by atoms with E-state index in [2.05, 4.69) is 4.99 Å². The van der Waals surface area contributed by atoms with Crippen LogP contribution in [0.5, 0.6) is 0 Å². The normalized spacial score (nSPS) is 12.3. The second kappa shape index (κ2) is 4.91. The average molecular weight is 258 g/mol. The molecule has 1 aromatic rings. The van der Waals surface area contributed by atoms with Gasteiger partial charge in [-0.1, -0.05) is 40.9 Å². The van der Waals surface area contributed by atoms with Gasteiger partial charge in [-0.25, -0.2) is 13.8 Å². The highest BCUT2D eigenvalue weighted by Gasteiger charge is 2.12. The maximum absolute atomic E-state index is 12.0. The number of rotatable bonds is 2. The molecule has 0 spiro atoms. The molecule has 0 fully saturated rings. The van der Waals surface area contributed by atoms with Gasteiger partial charge in [0.1, 0.15) is 5.69 Å². The number of alkyl halides is 2. The molecule has 1 aromatic carbocycles. The number of para-hydroxylation sites is 1. The summed E-state index contributed by atoms with van der Waals surface area (Å²) in [6, 6.07) is 4.56. The minimum absolute atomic E-state index is 0.0566. The number of aliphatic imine (C=N–C) groups is 1. The highest BCUT2D eigenvalue weighted by Crippen LogP contribution is 2.33. The van der Waals surface area contributed by atoms with Gasteiger partial charge < -0.3 is 0 Å². The molecule has 0 heterocycles. The van der Waals surface area contributed by atoms with E-state index in [0.717, 1.165) is 0 Å². The van der Waals surface area contributed by atoms with Crippen LogP contribution in [0, 0.1) is 0 Å². The number of hydrogen-bond acceptors (Lipinski definition) is 1. The Labute approximate surface area is 94.3 Å². The summed E-state index contributed by atoms with van der Waals surface area (Å²) < 4.78 is 24.1. The lowest BCUT2D eigenvalue weighted by Crippen LogP contribution is -2.00. The van der Waals surface area contributed by atoms with Gasteiger partial charge >= 0.3 is 0 Å². The van der Waals surface area contributed by atoms with Gasteiger partial charge in [0.15, 0.2) is 5.17 Å². The second-order valence-electron chi connectivity index (χ2n) is 2.31. The molecule has 0 aliphatic rings. The maximum atomic E-state index is 12.0. The largest absolute Gasteiger partial charge is 0.290 e. The Bertz CT molecular complexity index is 345. The smallest absolute Gasteiger partial charge is 0.232 e. The molecule has 1 rings (SSSR count). The number of halogens is 5. The Hall–Kier alpha value is -0.380. The van der Waals surface area contributed by atoms with Gasteiger partial charge in [-0.3, -0.25) is 0 Å². The second-order valence-corrected chi connectivity index (χ2v) is 3.51. The lowest BCUT2D eigenvalue weighted by Gasteiger charge is -2.01. The van der Waals surface area contributed by atoms with E-state index in [0.29, 0.717) is 0 Å². The molecule has 14 heavy (non-hydrogen) atoms. The van der Waals surface area contributed by atoms with Crippen molar-refractivity contribution in [2.45, 2.75) is 6.43 Å². The van der Waals surface area contributed by atoms with Gasteiger partial charge in [-0.2, -0.15) is 0 Å². The first-order chi connectivity index (χ1) is 6.52. The van der Waals surface area contributed by atoms with Crippen molar-refractivity contribution in [3.8, 4) is 0 Å². The van der Waals surface area contributed by atoms with Gasteiger partial charge in [-0.15, -0.1) is 0 Å². The van der Waals surface area contributed by atoms with E-state index in [9.17, 15) is 8.78 Å². The highest BCUT2D eigenvalue weighted by molar-refractivity contribution is 6.66. The van der Waals surface area contributed by atoms with Crippen LogP contribution in [0.2, 0.25) is 10.0 Å². The van der Waals surface area contributed by atoms with Gasteiger partial charge in [0.2, 0.25) is 0 Å². The molecular weight excluding hydrogens is 254 g/mol. The number of benzene rings is 1. The number of nitrogens with zero attached hydrogens (tertiary/aromatic N) is 1. The molecule has 1 nitrogen and oxygen atoms in total. The van der Waals surface area contributed by atoms with Gasteiger partial charge in [-0.05, 0) is 12.1 Å². The van der Waals surface area contributed by atoms with E-state index in [-0.39, 0.29) is 15.7 Å². The molecule has 0 radical (unpaired) electrons. The Kier molecular flexibility index (Phi) is 4.11. The minimum Gasteiger partial charge on any atom is -0.232 e. The summed E-state index contributed by atoms with van der Waals surface area (Å²) in [7, 11) is 0. The van der Waals surface area contributed by atoms with Crippen LogP contribution in [0.15, 0.2) is 23.2 Å². The predicted molar refractivity (Wildman–Crippen MR) is 55.4 cm³/mol. The van der Waals surface area contributed by atoms with E-state index in [1.165, 1.54) is 12.1 Å². The van der Waals surface area contributed by atoms with Crippen LogP contribution in [-0.4, -0.2) is 11.6 Å². The minimum atomic E-state index is -2.83. The quantitative estimate of drug-likeness (QED) is 0.691. The van der Waals surface area contributed by atoms with Crippen LogP contribution in [0.1, 0.15) is 0 Å². The third-order valence-corrected chi connectivity index (χ3v) is 2.20. The van der Waals surface area contributed by atoms with Gasteiger partial charge in [0, 0.05) is 0 Å². The van der Waals surface area contributed by atoms with Crippen molar-refractivity contribution < 1.29 is 8.78 Å². The Morgan fingerprint density at radius 1 is 1.21 bits per heavy atom. The first-order valence-electron chi connectivity index (χ1n) is 3.48. The average Bonchev–Trinajstić information content (AvgIpc) is 2.11. The Morgan fingerprint density at radius 3 is 2.14 bits per heavy atom. The third-order valence-electron chi connectivity index (χ3n) is 1.34. The molecule has 0 aliphatic carbocycles. The van der Waals surface area contributed by atoms with Crippen LogP contribution in [0.3, 0.4) is 0 Å². The van der Waals surface area contributed by atoms with Gasteiger partial charge in [0.25, 0.3) is 6.43 Å². The Balaban J connectivity index is 3.14. The molecule has 0 amide bonds. The topological polar surface area (TPSA) is 12.4 Å². The third kappa shape index (κ3) is 2.80. The van der Waals surface area contributed by atoms with Crippen molar-refractivity contribution in [1.29, 1.82) is 0 Å². The summed E-state index contributed by atoms with van der Waals surface area (Å²) in [6.45, 7) is 0. The standard InChI is InChI=1S/C8H4Cl3F2N/c9-4-2-1-3-5(10)6(4)14-7(11)8(12)13/h1-3,8H. The fourth-order valence-electron chi connectivity index (χ4n) is 0.751. The van der Waals surface area contributed by atoms with Crippen LogP contribution >= 0.6 is 34.8 Å². The molecule has 6 heteroatoms. The molecule has 0 atom stereocenters. The summed E-state index contributed by atoms with van der Waals surface area (Å²) in [5, 5.41) is -0.479. The van der Waals surface area contributed by atoms with Crippen LogP contribution < -0.4 is 0 Å². The van der Waals surface area contributed by atoms with Crippen molar-refractivity contribution in [3.63, 3.8) is 0 Å². The predicted octanol–water partition coefficient (Wildman–Crippen LogP) is 4.53. The van der Waals surface area contributed by atoms with Crippen molar-refractivity contribution in [2.75, 3.05) is 0 Å². The summed E-state index contributed by atoms with van der Waals surface area (Å²) >= 11 is 16.5. The molecular formula is C8H4Cl3F2N. The van der Waals surface area contributed by atoms with E-state index in [1.807, 2.05) is 0 Å². The molecule has 0 saturated heterocycles. The first-order valence-corrected chi connectivity index (χ1v) is 4.62. The molecule has 0 N–H and O–H groups in total. The summed E-state index contributed by atoms with van der Waals surface area (Å²) in [5.41, 5.74) is 0.0566. The molecule has 0 saturated carbocycles. The maximum Gasteiger partial charge on any atom is 0.290 e. The summed E-state index contributed by atoms with van der Waals surface area (Å²) in [6.07, 6.45) is -2.83. The van der Waals surface area contributed by atoms with Crippen molar-refractivity contribution in [2.24, 2.45) is 4.99 Å². The zero-order valence-electron chi connectivity index (χ0n) is 6.65. The lowest BCUT2D eigenvalue weighted by atomic mass is 10.3. The van der Waals surface area contributed by atoms with Crippen molar-refractivity contribution in [3.05, 3.63) is 28.2 Å².